The molecule has 1 aliphatic carbocycles. The van der Waals surface area contributed by atoms with Crippen LogP contribution in [0.3, 0.4) is 0 Å². The minimum Gasteiger partial charge on any atom is -0.497 e. The topological polar surface area (TPSA) is 73.2 Å². The van der Waals surface area contributed by atoms with Crippen LogP contribution in [-0.4, -0.2) is 27.0 Å². The zero-order valence-electron chi connectivity index (χ0n) is 16.3. The molecule has 7 heteroatoms. The van der Waals surface area contributed by atoms with Gasteiger partial charge in [0.25, 0.3) is 0 Å². The highest BCUT2D eigenvalue weighted by molar-refractivity contribution is 7.83. The van der Waals surface area contributed by atoms with Crippen LogP contribution in [0.4, 0.5) is 5.82 Å². The number of methoxy groups -OCH3 is 1. The summed E-state index contributed by atoms with van der Waals surface area (Å²) in [6.45, 7) is 0. The average Bonchev–Trinajstić information content (AvgIpc) is 3.24. The molecule has 1 saturated carbocycles. The number of ether oxygens (including phenoxy) is 1. The van der Waals surface area contributed by atoms with E-state index in [2.05, 4.69) is 10.4 Å². The standard InChI is InChI=1S/C21H27N3O3S/c1-27-17-10-8-16(9-11-17)24-21(18-13-28(26)14-19(18)23-24)22-20(25)12-7-15-5-3-2-4-6-15/h8-11,15H,2-7,12-14H2,1H3,(H,22,25)/t28-/m1/s1. The molecule has 1 N–H and O–H groups in total. The summed E-state index contributed by atoms with van der Waals surface area (Å²) in [5.41, 5.74) is 2.57. The largest absolute Gasteiger partial charge is 0.497 e. The van der Waals surface area contributed by atoms with Crippen LogP contribution in [0.2, 0.25) is 0 Å². The predicted octanol–water partition coefficient (Wildman–Crippen LogP) is 3.94. The van der Waals surface area contributed by atoms with Crippen LogP contribution < -0.4 is 10.1 Å². The number of aromatic nitrogens is 2. The zero-order chi connectivity index (χ0) is 19.5. The highest BCUT2D eigenvalue weighted by Crippen LogP contribution is 2.32. The summed E-state index contributed by atoms with van der Waals surface area (Å²) in [4.78, 5) is 12.7. The fourth-order valence-corrected chi connectivity index (χ4v) is 5.44. The lowest BCUT2D eigenvalue weighted by Gasteiger charge is -2.21. The Bertz CT molecular complexity index is 870. The van der Waals surface area contributed by atoms with Gasteiger partial charge in [0.2, 0.25) is 5.91 Å². The highest BCUT2D eigenvalue weighted by Gasteiger charge is 2.28. The molecule has 2 heterocycles. The summed E-state index contributed by atoms with van der Waals surface area (Å²) in [6, 6.07) is 7.56. The Morgan fingerprint density at radius 2 is 1.96 bits per heavy atom. The van der Waals surface area contributed by atoms with Crippen molar-refractivity contribution in [1.82, 2.24) is 9.78 Å². The molecule has 0 unspecified atom stereocenters. The van der Waals surface area contributed by atoms with Crippen molar-refractivity contribution in [2.24, 2.45) is 5.92 Å². The first-order valence-corrected chi connectivity index (χ1v) is 11.5. The molecule has 0 spiro atoms. The molecule has 1 fully saturated rings. The number of rotatable bonds is 6. The number of fused-ring (bicyclic) bond motifs is 1. The summed E-state index contributed by atoms with van der Waals surface area (Å²) in [5.74, 6) is 3.01. The number of amides is 1. The van der Waals surface area contributed by atoms with Crippen molar-refractivity contribution in [2.45, 2.75) is 56.5 Å². The van der Waals surface area contributed by atoms with Crippen LogP contribution in [0, 0.1) is 5.92 Å². The van der Waals surface area contributed by atoms with E-state index in [9.17, 15) is 9.00 Å². The molecular weight excluding hydrogens is 374 g/mol. The van der Waals surface area contributed by atoms with Gasteiger partial charge in [0.05, 0.1) is 30.0 Å². The third-order valence-corrected chi connectivity index (χ3v) is 6.96. The van der Waals surface area contributed by atoms with Crippen LogP contribution in [0.5, 0.6) is 5.75 Å². The van der Waals surface area contributed by atoms with E-state index in [1.807, 2.05) is 24.3 Å². The van der Waals surface area contributed by atoms with E-state index in [1.54, 1.807) is 11.8 Å². The van der Waals surface area contributed by atoms with Gasteiger partial charge >= 0.3 is 0 Å². The SMILES string of the molecule is COc1ccc(-n2nc3c(c2NC(=O)CCC2CCCCC2)C[S@@](=O)C3)cc1. The van der Waals surface area contributed by atoms with Crippen LogP contribution in [0.1, 0.15) is 56.2 Å². The number of hydrogen-bond donors (Lipinski definition) is 1. The van der Waals surface area contributed by atoms with Gasteiger partial charge in [-0.3, -0.25) is 9.00 Å². The highest BCUT2D eigenvalue weighted by atomic mass is 32.2. The second-order valence-corrected chi connectivity index (χ2v) is 9.16. The second-order valence-electron chi connectivity index (χ2n) is 7.70. The molecule has 28 heavy (non-hydrogen) atoms. The van der Waals surface area contributed by atoms with Crippen molar-refractivity contribution >= 4 is 22.5 Å². The molecule has 1 aromatic carbocycles. The van der Waals surface area contributed by atoms with Gasteiger partial charge in [-0.05, 0) is 36.6 Å². The normalized spacial score (nSPS) is 19.4. The number of benzene rings is 1. The van der Waals surface area contributed by atoms with Crippen LogP contribution in [0.15, 0.2) is 24.3 Å². The Kier molecular flexibility index (Phi) is 5.80. The van der Waals surface area contributed by atoms with Crippen molar-refractivity contribution in [2.75, 3.05) is 12.4 Å². The van der Waals surface area contributed by atoms with Crippen LogP contribution in [-0.2, 0) is 27.1 Å². The lowest BCUT2D eigenvalue weighted by Crippen LogP contribution is -2.18. The average molecular weight is 402 g/mol. The second kappa shape index (κ2) is 8.47. The van der Waals surface area contributed by atoms with E-state index in [0.29, 0.717) is 29.7 Å². The van der Waals surface area contributed by atoms with Crippen molar-refractivity contribution < 1.29 is 13.7 Å². The minimum absolute atomic E-state index is 0.0146. The third kappa shape index (κ3) is 4.14. The fraction of sp³-hybridized carbons (Fsp3) is 0.524. The van der Waals surface area contributed by atoms with Crippen molar-refractivity contribution in [3.63, 3.8) is 0 Å². The molecule has 0 saturated heterocycles. The molecule has 1 aliphatic heterocycles. The quantitative estimate of drug-likeness (QED) is 0.796. The Morgan fingerprint density at radius 1 is 1.21 bits per heavy atom. The van der Waals surface area contributed by atoms with Gasteiger partial charge in [-0.2, -0.15) is 5.10 Å². The lowest BCUT2D eigenvalue weighted by atomic mass is 9.86. The smallest absolute Gasteiger partial charge is 0.225 e. The van der Waals surface area contributed by atoms with Gasteiger partial charge < -0.3 is 10.1 Å². The minimum atomic E-state index is -0.938. The Hall–Kier alpha value is -2.15. The van der Waals surface area contributed by atoms with Gasteiger partial charge in [-0.25, -0.2) is 4.68 Å². The first-order valence-electron chi connectivity index (χ1n) is 10.0. The number of carbonyl (C=O) groups is 1. The summed E-state index contributed by atoms with van der Waals surface area (Å²) < 4.78 is 19.0. The van der Waals surface area contributed by atoms with Crippen LogP contribution >= 0.6 is 0 Å². The summed E-state index contributed by atoms with van der Waals surface area (Å²) in [5, 5.41) is 7.71. The maximum absolute atomic E-state index is 12.7. The van der Waals surface area contributed by atoms with E-state index in [1.165, 1.54) is 32.1 Å². The number of carbonyl (C=O) groups excluding carboxylic acids is 1. The van der Waals surface area contributed by atoms with Gasteiger partial charge in [0.15, 0.2) is 0 Å². The molecule has 150 valence electrons. The monoisotopic (exact) mass is 401 g/mol. The van der Waals surface area contributed by atoms with E-state index in [0.717, 1.165) is 29.1 Å². The lowest BCUT2D eigenvalue weighted by molar-refractivity contribution is -0.116. The van der Waals surface area contributed by atoms with Crippen molar-refractivity contribution in [3.8, 4) is 11.4 Å². The van der Waals surface area contributed by atoms with E-state index in [4.69, 9.17) is 4.74 Å². The Morgan fingerprint density at radius 3 is 2.68 bits per heavy atom. The van der Waals surface area contributed by atoms with E-state index in [-0.39, 0.29) is 5.91 Å². The number of nitrogens with one attached hydrogen (secondary N) is 1. The van der Waals surface area contributed by atoms with E-state index < -0.39 is 10.8 Å². The molecular formula is C21H27N3O3S. The molecule has 1 atom stereocenters. The number of hydrogen-bond acceptors (Lipinski definition) is 4. The molecule has 2 aliphatic rings. The predicted molar refractivity (Wildman–Crippen MR) is 110 cm³/mol. The molecule has 1 aromatic heterocycles. The zero-order valence-corrected chi connectivity index (χ0v) is 17.1. The Balaban J connectivity index is 1.52. The molecule has 6 nitrogen and oxygen atoms in total. The van der Waals surface area contributed by atoms with Gasteiger partial charge in [0.1, 0.15) is 11.6 Å². The van der Waals surface area contributed by atoms with Gasteiger partial charge in [-0.1, -0.05) is 32.1 Å². The first-order chi connectivity index (χ1) is 13.6. The third-order valence-electron chi connectivity index (χ3n) is 5.75. The Labute approximate surface area is 168 Å². The summed E-state index contributed by atoms with van der Waals surface area (Å²) in [7, 11) is 0.692. The molecule has 0 radical (unpaired) electrons. The summed E-state index contributed by atoms with van der Waals surface area (Å²) in [6.07, 6.45) is 7.85. The number of nitrogens with zero attached hydrogens (tertiary/aromatic N) is 2. The van der Waals surface area contributed by atoms with Gasteiger partial charge in [0, 0.05) is 22.8 Å². The molecule has 4 rings (SSSR count). The van der Waals surface area contributed by atoms with Crippen molar-refractivity contribution in [3.05, 3.63) is 35.5 Å². The first kappa shape index (κ1) is 19.2. The van der Waals surface area contributed by atoms with Crippen molar-refractivity contribution in [1.29, 1.82) is 0 Å². The van der Waals surface area contributed by atoms with E-state index >= 15 is 0 Å². The maximum Gasteiger partial charge on any atom is 0.225 e. The molecule has 1 amide bonds. The fourth-order valence-electron chi connectivity index (χ4n) is 4.17. The van der Waals surface area contributed by atoms with Gasteiger partial charge in [-0.15, -0.1) is 0 Å². The maximum atomic E-state index is 12.7. The summed E-state index contributed by atoms with van der Waals surface area (Å²) >= 11 is 0. The number of anilines is 1. The molecule has 0 bridgehead atoms. The molecule has 2 aromatic rings. The van der Waals surface area contributed by atoms with Crippen LogP contribution in [0.25, 0.3) is 5.69 Å².